The fourth-order valence-corrected chi connectivity index (χ4v) is 3.62. The Hall–Kier alpha value is -2.93. The number of carbonyl (C=O) groups is 1. The van der Waals surface area contributed by atoms with Crippen molar-refractivity contribution in [2.45, 2.75) is 37.1 Å². The molecule has 2 aromatic carbocycles. The van der Waals surface area contributed by atoms with Gasteiger partial charge in [0.05, 0.1) is 22.7 Å². The second kappa shape index (κ2) is 9.52. The van der Waals surface area contributed by atoms with E-state index >= 15 is 0 Å². The maximum Gasteiger partial charge on any atom is 0.287 e. The van der Waals surface area contributed by atoms with Crippen molar-refractivity contribution in [2.24, 2.45) is 0 Å². The van der Waals surface area contributed by atoms with Gasteiger partial charge in [-0.15, -0.1) is 0 Å². The zero-order chi connectivity index (χ0) is 20.8. The summed E-state index contributed by atoms with van der Waals surface area (Å²) >= 11 is 0. The molecule has 1 N–H and O–H groups in total. The van der Waals surface area contributed by atoms with Crippen LogP contribution in [0.1, 0.15) is 35.7 Å². The molecule has 1 amide bonds. The summed E-state index contributed by atoms with van der Waals surface area (Å²) in [4.78, 5) is 12.8. The maximum absolute atomic E-state index is 13.0. The average Bonchev–Trinajstić information content (AvgIpc) is 3.16. The molecule has 3 aromatic rings. The van der Waals surface area contributed by atoms with Gasteiger partial charge in [-0.25, -0.2) is 4.39 Å². The van der Waals surface area contributed by atoms with Crippen molar-refractivity contribution >= 4 is 16.7 Å². The predicted molar refractivity (Wildman–Crippen MR) is 109 cm³/mol. The number of carbonyl (C=O) groups excluding carboxylic acids is 1. The number of amides is 1. The smallest absolute Gasteiger partial charge is 0.287 e. The van der Waals surface area contributed by atoms with Gasteiger partial charge in [0, 0.05) is 11.4 Å². The Morgan fingerprint density at radius 2 is 1.76 bits per heavy atom. The first-order valence-corrected chi connectivity index (χ1v) is 10.5. The molecule has 0 fully saturated rings. The van der Waals surface area contributed by atoms with E-state index in [-0.39, 0.29) is 29.3 Å². The lowest BCUT2D eigenvalue weighted by atomic mass is 10.2. The second-order valence-electron chi connectivity index (χ2n) is 6.70. The monoisotopic (exact) mass is 415 g/mol. The summed E-state index contributed by atoms with van der Waals surface area (Å²) in [5.41, 5.74) is 0.929. The zero-order valence-corrected chi connectivity index (χ0v) is 17.0. The van der Waals surface area contributed by atoms with Crippen molar-refractivity contribution in [2.75, 3.05) is 0 Å². The fourth-order valence-electron chi connectivity index (χ4n) is 2.60. The topological polar surface area (TPSA) is 68.5 Å². The predicted octanol–water partition coefficient (Wildman–Crippen LogP) is 4.44. The van der Waals surface area contributed by atoms with E-state index in [1.165, 1.54) is 24.3 Å². The minimum absolute atomic E-state index is 0.103. The molecule has 29 heavy (non-hydrogen) atoms. The zero-order valence-electron chi connectivity index (χ0n) is 16.2. The third-order valence-corrected chi connectivity index (χ3v) is 5.33. The third kappa shape index (κ3) is 6.02. The van der Waals surface area contributed by atoms with E-state index in [1.54, 1.807) is 12.1 Å². The van der Waals surface area contributed by atoms with E-state index in [4.69, 9.17) is 9.15 Å². The maximum atomic E-state index is 13.0. The highest BCUT2D eigenvalue weighted by molar-refractivity contribution is 7.84. The summed E-state index contributed by atoms with van der Waals surface area (Å²) < 4.78 is 36.4. The summed E-state index contributed by atoms with van der Waals surface area (Å²) in [6.45, 7) is 4.26. The summed E-state index contributed by atoms with van der Waals surface area (Å²) in [5.74, 6) is 0.718. The molecule has 0 radical (unpaired) electrons. The van der Waals surface area contributed by atoms with E-state index in [9.17, 15) is 13.4 Å². The molecule has 0 saturated carbocycles. The number of rotatable bonds is 8. The molecule has 0 aliphatic carbocycles. The largest absolute Gasteiger partial charge is 0.491 e. The number of furan rings is 1. The molecule has 0 aliphatic heterocycles. The van der Waals surface area contributed by atoms with E-state index in [0.717, 1.165) is 11.3 Å². The molecule has 0 aliphatic rings. The minimum atomic E-state index is -1.39. The first-order chi connectivity index (χ1) is 13.9. The summed E-state index contributed by atoms with van der Waals surface area (Å²) in [5, 5.41) is 2.79. The summed E-state index contributed by atoms with van der Waals surface area (Å²) in [6.07, 6.45) is 0.103. The van der Waals surface area contributed by atoms with Crippen LogP contribution in [0, 0.1) is 5.82 Å². The Morgan fingerprint density at radius 3 is 2.41 bits per heavy atom. The summed E-state index contributed by atoms with van der Waals surface area (Å²) in [7, 11) is -1.39. The fraction of sp³-hybridized carbons (Fsp3) is 0.227. The van der Waals surface area contributed by atoms with Crippen LogP contribution in [0.4, 0.5) is 4.39 Å². The van der Waals surface area contributed by atoms with Crippen LogP contribution < -0.4 is 10.1 Å². The lowest BCUT2D eigenvalue weighted by Gasteiger charge is -2.10. The van der Waals surface area contributed by atoms with Gasteiger partial charge in [0.1, 0.15) is 17.3 Å². The van der Waals surface area contributed by atoms with Crippen LogP contribution in [0.2, 0.25) is 0 Å². The normalized spacial score (nSPS) is 12.0. The van der Waals surface area contributed by atoms with Crippen molar-refractivity contribution in [1.82, 2.24) is 5.32 Å². The molecule has 7 heteroatoms. The van der Waals surface area contributed by atoms with Crippen LogP contribution in [-0.2, 0) is 23.1 Å². The van der Waals surface area contributed by atoms with Gasteiger partial charge in [0.15, 0.2) is 5.76 Å². The van der Waals surface area contributed by atoms with Crippen molar-refractivity contribution < 1.29 is 22.5 Å². The molecule has 0 bridgehead atoms. The first kappa shape index (κ1) is 20.8. The molecule has 1 heterocycles. The molecule has 0 spiro atoms. The van der Waals surface area contributed by atoms with Crippen LogP contribution in [0.3, 0.4) is 0 Å². The number of halogens is 1. The molecule has 152 valence electrons. The number of hydrogen-bond donors (Lipinski definition) is 1. The van der Waals surface area contributed by atoms with Gasteiger partial charge in [-0.1, -0.05) is 12.1 Å². The minimum Gasteiger partial charge on any atom is -0.491 e. The van der Waals surface area contributed by atoms with Gasteiger partial charge in [-0.05, 0) is 67.9 Å². The van der Waals surface area contributed by atoms with Crippen LogP contribution in [-0.4, -0.2) is 16.2 Å². The third-order valence-electron chi connectivity index (χ3n) is 3.98. The van der Waals surface area contributed by atoms with Crippen molar-refractivity contribution in [3.8, 4) is 5.75 Å². The lowest BCUT2D eigenvalue weighted by Crippen LogP contribution is -2.22. The Labute approximate surface area is 171 Å². The molecule has 3 rings (SSSR count). The van der Waals surface area contributed by atoms with Gasteiger partial charge in [0.2, 0.25) is 0 Å². The number of nitrogens with one attached hydrogen (secondary N) is 1. The molecule has 0 saturated heterocycles. The number of hydrogen-bond acceptors (Lipinski definition) is 4. The van der Waals surface area contributed by atoms with Gasteiger partial charge in [0.25, 0.3) is 5.91 Å². The Morgan fingerprint density at radius 1 is 1.07 bits per heavy atom. The number of ether oxygens (including phenoxy) is 1. The summed E-state index contributed by atoms with van der Waals surface area (Å²) in [6, 6.07) is 16.1. The van der Waals surface area contributed by atoms with Crippen LogP contribution in [0.15, 0.2) is 70.0 Å². The van der Waals surface area contributed by atoms with Crippen molar-refractivity contribution in [3.05, 3.63) is 83.6 Å². The average molecular weight is 415 g/mol. The van der Waals surface area contributed by atoms with Crippen LogP contribution in [0.5, 0.6) is 5.75 Å². The molecule has 1 aromatic heterocycles. The highest BCUT2D eigenvalue weighted by Crippen LogP contribution is 2.17. The van der Waals surface area contributed by atoms with E-state index in [1.807, 2.05) is 38.1 Å². The lowest BCUT2D eigenvalue weighted by molar-refractivity contribution is 0.0921. The highest BCUT2D eigenvalue weighted by Gasteiger charge is 2.14. The van der Waals surface area contributed by atoms with Crippen molar-refractivity contribution in [1.29, 1.82) is 0 Å². The standard InChI is InChI=1S/C22H22FNO4S/c1-15(2)27-18-7-3-16(4-8-18)13-24-22(25)21-12-9-19(28-21)14-29(26)20-10-5-17(23)6-11-20/h3-12,15H,13-14H2,1-2H3,(H,24,25). The second-order valence-corrected chi connectivity index (χ2v) is 8.15. The van der Waals surface area contributed by atoms with Gasteiger partial charge < -0.3 is 14.5 Å². The van der Waals surface area contributed by atoms with Gasteiger partial charge in [-0.3, -0.25) is 9.00 Å². The van der Waals surface area contributed by atoms with E-state index in [0.29, 0.717) is 17.2 Å². The molecule has 5 nitrogen and oxygen atoms in total. The quantitative estimate of drug-likeness (QED) is 0.590. The SMILES string of the molecule is CC(C)Oc1ccc(CNC(=O)c2ccc(CS(=O)c3ccc(F)cc3)o2)cc1. The number of benzene rings is 2. The molecular weight excluding hydrogens is 393 g/mol. The Kier molecular flexibility index (Phi) is 6.82. The Bertz CT molecular complexity index is 981. The van der Waals surface area contributed by atoms with Crippen molar-refractivity contribution in [3.63, 3.8) is 0 Å². The van der Waals surface area contributed by atoms with Gasteiger partial charge in [-0.2, -0.15) is 0 Å². The first-order valence-electron chi connectivity index (χ1n) is 9.17. The van der Waals surface area contributed by atoms with Crippen LogP contribution in [0.25, 0.3) is 0 Å². The van der Waals surface area contributed by atoms with E-state index < -0.39 is 10.8 Å². The Balaban J connectivity index is 1.53. The van der Waals surface area contributed by atoms with Gasteiger partial charge >= 0.3 is 0 Å². The highest BCUT2D eigenvalue weighted by atomic mass is 32.2. The van der Waals surface area contributed by atoms with E-state index in [2.05, 4.69) is 5.32 Å². The van der Waals surface area contributed by atoms with Crippen LogP contribution >= 0.6 is 0 Å². The molecular formula is C22H22FNO4S. The molecule has 1 atom stereocenters. The molecule has 1 unspecified atom stereocenters.